The normalized spacial score (nSPS) is 12.9. The zero-order chi connectivity index (χ0) is 14.1. The van der Waals surface area contributed by atoms with Gasteiger partial charge in [0, 0.05) is 30.3 Å². The fraction of sp³-hybridized carbons (Fsp3) is 0.188. The zero-order valence-electron chi connectivity index (χ0n) is 10.7. The zero-order valence-corrected chi connectivity index (χ0v) is 10.7. The average Bonchev–Trinajstić information content (AvgIpc) is 2.89. The highest BCUT2D eigenvalue weighted by Gasteiger charge is 2.15. The molecule has 2 aromatic carbocycles. The highest BCUT2D eigenvalue weighted by molar-refractivity contribution is 5.98. The first-order valence-electron chi connectivity index (χ1n) is 6.47. The number of anilines is 1. The number of carbonyl (C=O) groups is 1. The Labute approximate surface area is 115 Å². The number of carbonyl (C=O) groups excluding carboxylic acids is 1. The predicted octanol–water partition coefficient (Wildman–Crippen LogP) is 3.36. The van der Waals surface area contributed by atoms with E-state index in [1.165, 1.54) is 6.07 Å². The summed E-state index contributed by atoms with van der Waals surface area (Å²) in [4.78, 5) is 12.2. The van der Waals surface area contributed by atoms with Gasteiger partial charge in [-0.1, -0.05) is 6.07 Å². The van der Waals surface area contributed by atoms with Gasteiger partial charge in [-0.05, 0) is 41.8 Å². The lowest BCUT2D eigenvalue weighted by molar-refractivity contribution is 0.0991. The van der Waals surface area contributed by atoms with Crippen LogP contribution in [0.5, 0.6) is 0 Å². The predicted molar refractivity (Wildman–Crippen MR) is 73.0 cm³/mol. The molecule has 0 unspecified atom stereocenters. The molecular formula is C16H13F2NO. The largest absolute Gasteiger partial charge is 0.384 e. The van der Waals surface area contributed by atoms with Crippen LogP contribution in [0.4, 0.5) is 14.5 Å². The van der Waals surface area contributed by atoms with Crippen molar-refractivity contribution in [1.29, 1.82) is 0 Å². The molecule has 0 amide bonds. The van der Waals surface area contributed by atoms with Crippen LogP contribution in [0.25, 0.3) is 0 Å². The second-order valence-corrected chi connectivity index (χ2v) is 4.88. The number of hydrogen-bond donors (Lipinski definition) is 1. The fourth-order valence-electron chi connectivity index (χ4n) is 2.42. The van der Waals surface area contributed by atoms with Gasteiger partial charge in [-0.15, -0.1) is 0 Å². The van der Waals surface area contributed by atoms with Gasteiger partial charge >= 0.3 is 0 Å². The van der Waals surface area contributed by atoms with E-state index in [1.807, 2.05) is 12.1 Å². The Balaban J connectivity index is 1.82. The molecule has 0 radical (unpaired) electrons. The maximum Gasteiger partial charge on any atom is 0.167 e. The molecule has 1 N–H and O–H groups in total. The molecule has 0 saturated heterocycles. The average molecular weight is 273 g/mol. The summed E-state index contributed by atoms with van der Waals surface area (Å²) in [5.74, 6) is -1.48. The summed E-state index contributed by atoms with van der Waals surface area (Å²) in [5, 5.41) is 3.22. The van der Waals surface area contributed by atoms with Gasteiger partial charge in [0.2, 0.25) is 0 Å². The number of benzene rings is 2. The summed E-state index contributed by atoms with van der Waals surface area (Å²) < 4.78 is 26.4. The van der Waals surface area contributed by atoms with E-state index in [-0.39, 0.29) is 17.8 Å². The van der Waals surface area contributed by atoms with Crippen molar-refractivity contribution < 1.29 is 13.6 Å². The number of Topliss-reactive ketones (excluding diaryl/α,β-unsaturated/α-hetero) is 1. The lowest BCUT2D eigenvalue weighted by atomic mass is 10.00. The first kappa shape index (κ1) is 12.8. The summed E-state index contributed by atoms with van der Waals surface area (Å²) in [6.07, 6.45) is 0.833. The SMILES string of the molecule is O=C(Cc1ccc(F)cc1F)c1ccc2c(c1)CCN2. The molecule has 3 rings (SSSR count). The van der Waals surface area contributed by atoms with Crippen LogP contribution in [0.2, 0.25) is 0 Å². The second-order valence-electron chi connectivity index (χ2n) is 4.88. The van der Waals surface area contributed by atoms with Crippen LogP contribution in [0.3, 0.4) is 0 Å². The van der Waals surface area contributed by atoms with Gasteiger partial charge in [0.25, 0.3) is 0 Å². The Morgan fingerprint density at radius 2 is 2.00 bits per heavy atom. The van der Waals surface area contributed by atoms with Crippen molar-refractivity contribution in [3.05, 3.63) is 64.7 Å². The van der Waals surface area contributed by atoms with E-state index in [0.717, 1.165) is 36.3 Å². The molecule has 1 aliphatic rings. The van der Waals surface area contributed by atoms with Crippen molar-refractivity contribution in [2.24, 2.45) is 0 Å². The highest BCUT2D eigenvalue weighted by Crippen LogP contribution is 2.24. The Morgan fingerprint density at radius 3 is 2.80 bits per heavy atom. The fourth-order valence-corrected chi connectivity index (χ4v) is 2.42. The van der Waals surface area contributed by atoms with Gasteiger partial charge in [-0.25, -0.2) is 8.78 Å². The molecule has 1 aliphatic heterocycles. The lowest BCUT2D eigenvalue weighted by Gasteiger charge is -2.05. The van der Waals surface area contributed by atoms with E-state index in [4.69, 9.17) is 0 Å². The number of nitrogens with one attached hydrogen (secondary N) is 1. The third-order valence-electron chi connectivity index (χ3n) is 3.50. The standard InChI is InChI=1S/C16H13F2NO/c17-13-3-1-10(14(18)9-13)8-16(20)12-2-4-15-11(7-12)5-6-19-15/h1-4,7,9,19H,5-6,8H2. The lowest BCUT2D eigenvalue weighted by Crippen LogP contribution is -2.06. The minimum absolute atomic E-state index is 0.0572. The molecule has 0 saturated carbocycles. The molecular weight excluding hydrogens is 260 g/mol. The summed E-state index contributed by atoms with van der Waals surface area (Å²) in [6.45, 7) is 0.875. The smallest absolute Gasteiger partial charge is 0.167 e. The van der Waals surface area contributed by atoms with Crippen LogP contribution in [0.15, 0.2) is 36.4 Å². The van der Waals surface area contributed by atoms with Crippen molar-refractivity contribution >= 4 is 11.5 Å². The second kappa shape index (κ2) is 5.04. The summed E-state index contributed by atoms with van der Waals surface area (Å²) in [5.41, 5.74) is 2.94. The topological polar surface area (TPSA) is 29.1 Å². The molecule has 4 heteroatoms. The first-order chi connectivity index (χ1) is 9.63. The van der Waals surface area contributed by atoms with Gasteiger partial charge in [0.15, 0.2) is 5.78 Å². The third-order valence-corrected chi connectivity index (χ3v) is 3.50. The molecule has 0 aromatic heterocycles. The maximum atomic E-state index is 13.5. The molecule has 0 spiro atoms. The van der Waals surface area contributed by atoms with Crippen LogP contribution < -0.4 is 5.32 Å². The molecule has 0 bridgehead atoms. The number of fused-ring (bicyclic) bond motifs is 1. The van der Waals surface area contributed by atoms with E-state index in [0.29, 0.717) is 5.56 Å². The Kier molecular flexibility index (Phi) is 3.22. The van der Waals surface area contributed by atoms with Crippen molar-refractivity contribution in [2.45, 2.75) is 12.8 Å². The number of halogens is 2. The van der Waals surface area contributed by atoms with Gasteiger partial charge in [0.05, 0.1) is 0 Å². The van der Waals surface area contributed by atoms with Crippen LogP contribution in [0, 0.1) is 11.6 Å². The summed E-state index contributed by atoms with van der Waals surface area (Å²) >= 11 is 0. The minimum atomic E-state index is -0.679. The monoisotopic (exact) mass is 273 g/mol. The Bertz CT molecular complexity index is 682. The van der Waals surface area contributed by atoms with Gasteiger partial charge < -0.3 is 5.32 Å². The van der Waals surface area contributed by atoms with Crippen molar-refractivity contribution in [1.82, 2.24) is 0 Å². The molecule has 20 heavy (non-hydrogen) atoms. The molecule has 0 fully saturated rings. The van der Waals surface area contributed by atoms with E-state index in [9.17, 15) is 13.6 Å². The van der Waals surface area contributed by atoms with Crippen LogP contribution in [-0.4, -0.2) is 12.3 Å². The van der Waals surface area contributed by atoms with E-state index >= 15 is 0 Å². The van der Waals surface area contributed by atoms with E-state index in [1.54, 1.807) is 6.07 Å². The number of ketones is 1. The van der Waals surface area contributed by atoms with Crippen LogP contribution in [0.1, 0.15) is 21.5 Å². The number of hydrogen-bond acceptors (Lipinski definition) is 2. The minimum Gasteiger partial charge on any atom is -0.384 e. The van der Waals surface area contributed by atoms with Crippen LogP contribution >= 0.6 is 0 Å². The quantitative estimate of drug-likeness (QED) is 0.869. The van der Waals surface area contributed by atoms with Gasteiger partial charge in [-0.2, -0.15) is 0 Å². The molecule has 0 aliphatic carbocycles. The molecule has 2 aromatic rings. The van der Waals surface area contributed by atoms with E-state index in [2.05, 4.69) is 5.32 Å². The molecule has 2 nitrogen and oxygen atoms in total. The Hall–Kier alpha value is -2.23. The summed E-state index contributed by atoms with van der Waals surface area (Å²) in [7, 11) is 0. The number of rotatable bonds is 3. The third kappa shape index (κ3) is 2.41. The molecule has 0 atom stereocenters. The van der Waals surface area contributed by atoms with Crippen LogP contribution in [-0.2, 0) is 12.8 Å². The highest BCUT2D eigenvalue weighted by atomic mass is 19.1. The first-order valence-corrected chi connectivity index (χ1v) is 6.47. The molecule has 102 valence electrons. The summed E-state index contributed by atoms with van der Waals surface area (Å²) in [6, 6.07) is 8.74. The maximum absolute atomic E-state index is 13.5. The van der Waals surface area contributed by atoms with Crippen molar-refractivity contribution in [3.8, 4) is 0 Å². The van der Waals surface area contributed by atoms with Gasteiger partial charge in [0.1, 0.15) is 11.6 Å². The Morgan fingerprint density at radius 1 is 1.15 bits per heavy atom. The van der Waals surface area contributed by atoms with E-state index < -0.39 is 11.6 Å². The molecule has 1 heterocycles. The van der Waals surface area contributed by atoms with Crippen molar-refractivity contribution in [2.75, 3.05) is 11.9 Å². The van der Waals surface area contributed by atoms with Crippen molar-refractivity contribution in [3.63, 3.8) is 0 Å². The van der Waals surface area contributed by atoms with Gasteiger partial charge in [-0.3, -0.25) is 4.79 Å².